The Morgan fingerprint density at radius 1 is 0.963 bits per heavy atom. The Hall–Kier alpha value is -3.15. The first kappa shape index (κ1) is 18.6. The number of esters is 1. The lowest BCUT2D eigenvalue weighted by molar-refractivity contribution is -0.146. The first-order valence-electron chi connectivity index (χ1n) is 8.92. The van der Waals surface area contributed by atoms with Gasteiger partial charge in [0.15, 0.2) is 6.61 Å². The summed E-state index contributed by atoms with van der Waals surface area (Å²) in [4.78, 5) is 37.4. The molecule has 0 aliphatic carbocycles. The van der Waals surface area contributed by atoms with Crippen LogP contribution in [0.5, 0.6) is 5.75 Å². The quantitative estimate of drug-likeness (QED) is 0.408. The van der Waals surface area contributed by atoms with Gasteiger partial charge in [-0.25, -0.2) is 4.79 Å². The van der Waals surface area contributed by atoms with E-state index in [1.165, 1.54) is 10.5 Å². The second kappa shape index (κ2) is 8.49. The number of nitrogens with zero attached hydrogens (tertiary/aromatic N) is 1. The number of rotatable bonds is 8. The minimum Gasteiger partial charge on any atom is -0.482 e. The van der Waals surface area contributed by atoms with Crippen molar-refractivity contribution in [3.8, 4) is 5.75 Å². The molecule has 3 rings (SSSR count). The Bertz CT molecular complexity index is 809. The van der Waals surface area contributed by atoms with Crippen molar-refractivity contribution >= 4 is 17.8 Å². The molecule has 1 aliphatic rings. The summed E-state index contributed by atoms with van der Waals surface area (Å²) in [5.41, 5.74) is 2.03. The van der Waals surface area contributed by atoms with E-state index in [1.54, 1.807) is 24.3 Å². The van der Waals surface area contributed by atoms with Crippen LogP contribution < -0.4 is 4.74 Å². The number of carbonyl (C=O) groups excluding carboxylic acids is 3. The van der Waals surface area contributed by atoms with Crippen LogP contribution in [-0.4, -0.2) is 42.4 Å². The van der Waals surface area contributed by atoms with E-state index in [2.05, 4.69) is 6.92 Å². The van der Waals surface area contributed by atoms with Gasteiger partial charge < -0.3 is 9.47 Å². The maximum Gasteiger partial charge on any atom is 0.344 e. The van der Waals surface area contributed by atoms with Crippen molar-refractivity contribution in [2.45, 2.75) is 19.8 Å². The Balaban J connectivity index is 1.38. The summed E-state index contributed by atoms with van der Waals surface area (Å²) in [5, 5.41) is 0. The second-order valence-corrected chi connectivity index (χ2v) is 6.17. The van der Waals surface area contributed by atoms with Gasteiger partial charge >= 0.3 is 5.97 Å². The highest BCUT2D eigenvalue weighted by molar-refractivity contribution is 6.21. The van der Waals surface area contributed by atoms with Crippen LogP contribution in [0.2, 0.25) is 0 Å². The number of benzene rings is 2. The van der Waals surface area contributed by atoms with Crippen LogP contribution >= 0.6 is 0 Å². The average molecular weight is 367 g/mol. The zero-order chi connectivity index (χ0) is 19.2. The molecule has 0 fully saturated rings. The Morgan fingerprint density at radius 3 is 2.19 bits per heavy atom. The number of hydrogen-bond donors (Lipinski definition) is 0. The monoisotopic (exact) mass is 367 g/mol. The topological polar surface area (TPSA) is 72.9 Å². The van der Waals surface area contributed by atoms with E-state index in [0.29, 0.717) is 23.3 Å². The van der Waals surface area contributed by atoms with E-state index in [9.17, 15) is 14.4 Å². The van der Waals surface area contributed by atoms with Crippen molar-refractivity contribution in [1.29, 1.82) is 0 Å². The third kappa shape index (κ3) is 4.34. The molecule has 0 saturated carbocycles. The molecular formula is C21H21NO5. The fourth-order valence-electron chi connectivity index (χ4n) is 2.86. The summed E-state index contributed by atoms with van der Waals surface area (Å²) < 4.78 is 10.5. The summed E-state index contributed by atoms with van der Waals surface area (Å²) in [7, 11) is 0. The maximum absolute atomic E-state index is 12.2. The molecule has 0 N–H and O–H groups in total. The molecule has 1 heterocycles. The third-order valence-electron chi connectivity index (χ3n) is 4.36. The molecule has 0 spiro atoms. The van der Waals surface area contributed by atoms with E-state index >= 15 is 0 Å². The van der Waals surface area contributed by atoms with Crippen LogP contribution in [0.4, 0.5) is 0 Å². The van der Waals surface area contributed by atoms with E-state index in [1.807, 2.05) is 24.3 Å². The van der Waals surface area contributed by atoms with E-state index < -0.39 is 5.97 Å². The summed E-state index contributed by atoms with van der Waals surface area (Å²) >= 11 is 0. The number of imide groups is 1. The zero-order valence-corrected chi connectivity index (χ0v) is 15.1. The molecule has 0 atom stereocenters. The predicted octanol–water partition coefficient (Wildman–Crippen LogP) is 2.86. The molecule has 0 bridgehead atoms. The number of aryl methyl sites for hydroxylation is 1. The molecule has 0 radical (unpaired) electrons. The van der Waals surface area contributed by atoms with Crippen molar-refractivity contribution in [2.75, 3.05) is 19.8 Å². The molecule has 140 valence electrons. The summed E-state index contributed by atoms with van der Waals surface area (Å²) in [5.74, 6) is -0.492. The van der Waals surface area contributed by atoms with E-state index in [0.717, 1.165) is 6.42 Å². The van der Waals surface area contributed by atoms with Gasteiger partial charge in [-0.3, -0.25) is 14.5 Å². The first-order chi connectivity index (χ1) is 13.1. The van der Waals surface area contributed by atoms with Gasteiger partial charge in [-0.2, -0.15) is 0 Å². The lowest BCUT2D eigenvalue weighted by atomic mass is 10.1. The largest absolute Gasteiger partial charge is 0.482 e. The van der Waals surface area contributed by atoms with Gasteiger partial charge in [0.2, 0.25) is 0 Å². The third-order valence-corrected chi connectivity index (χ3v) is 4.36. The Kier molecular flexibility index (Phi) is 5.86. The normalized spacial score (nSPS) is 12.9. The Morgan fingerprint density at radius 2 is 1.59 bits per heavy atom. The zero-order valence-electron chi connectivity index (χ0n) is 15.1. The molecule has 0 unspecified atom stereocenters. The summed E-state index contributed by atoms with van der Waals surface area (Å²) in [6.45, 7) is 2.21. The van der Waals surface area contributed by atoms with Crippen LogP contribution in [0.25, 0.3) is 0 Å². The highest BCUT2D eigenvalue weighted by Gasteiger charge is 2.34. The van der Waals surface area contributed by atoms with E-state index in [-0.39, 0.29) is 31.6 Å². The van der Waals surface area contributed by atoms with Crippen molar-refractivity contribution in [3.63, 3.8) is 0 Å². The van der Waals surface area contributed by atoms with Crippen molar-refractivity contribution in [1.82, 2.24) is 4.90 Å². The molecule has 0 saturated heterocycles. The van der Waals surface area contributed by atoms with Gasteiger partial charge in [0.25, 0.3) is 11.8 Å². The van der Waals surface area contributed by atoms with Crippen LogP contribution in [0.15, 0.2) is 48.5 Å². The Labute approximate surface area is 157 Å². The minimum absolute atomic E-state index is 0.115. The van der Waals surface area contributed by atoms with Gasteiger partial charge in [0.1, 0.15) is 5.75 Å². The number of amides is 2. The summed E-state index contributed by atoms with van der Waals surface area (Å²) in [6, 6.07) is 14.3. The first-order valence-corrected chi connectivity index (χ1v) is 8.92. The lowest BCUT2D eigenvalue weighted by Gasteiger charge is -2.13. The van der Waals surface area contributed by atoms with Gasteiger partial charge in [0, 0.05) is 6.54 Å². The van der Waals surface area contributed by atoms with Crippen LogP contribution in [0.3, 0.4) is 0 Å². The molecule has 0 aromatic heterocycles. The van der Waals surface area contributed by atoms with Crippen molar-refractivity contribution in [3.05, 3.63) is 65.2 Å². The predicted molar refractivity (Wildman–Crippen MR) is 98.7 cm³/mol. The molecule has 2 amide bonds. The molecule has 27 heavy (non-hydrogen) atoms. The average Bonchev–Trinajstić information content (AvgIpc) is 2.95. The lowest BCUT2D eigenvalue weighted by Crippen LogP contribution is -2.31. The van der Waals surface area contributed by atoms with Crippen LogP contribution in [-0.2, 0) is 16.0 Å². The smallest absolute Gasteiger partial charge is 0.344 e. The number of carbonyl (C=O) groups is 3. The van der Waals surface area contributed by atoms with Gasteiger partial charge in [-0.05, 0) is 42.7 Å². The van der Waals surface area contributed by atoms with E-state index in [4.69, 9.17) is 9.47 Å². The molecule has 2 aromatic carbocycles. The van der Waals surface area contributed by atoms with Crippen molar-refractivity contribution < 1.29 is 23.9 Å². The molecule has 6 heteroatoms. The number of ether oxygens (including phenoxy) is 2. The number of hydrogen-bond acceptors (Lipinski definition) is 5. The minimum atomic E-state index is -0.489. The SMILES string of the molecule is CCc1ccc(OCC(=O)OCCCN2C(=O)c3ccccc3C2=O)cc1. The summed E-state index contributed by atoms with van der Waals surface area (Å²) in [6.07, 6.45) is 1.32. The highest BCUT2D eigenvalue weighted by atomic mass is 16.6. The van der Waals surface area contributed by atoms with Crippen molar-refractivity contribution in [2.24, 2.45) is 0 Å². The molecule has 6 nitrogen and oxygen atoms in total. The molecule has 1 aliphatic heterocycles. The standard InChI is InChI=1S/C21H21NO5/c1-2-15-8-10-16(11-9-15)27-14-19(23)26-13-5-12-22-20(24)17-6-3-4-7-18(17)21(22)25/h3-4,6-11H,2,5,12-14H2,1H3. The van der Waals surface area contributed by atoms with Crippen LogP contribution in [0, 0.1) is 0 Å². The fourth-order valence-corrected chi connectivity index (χ4v) is 2.86. The molecular weight excluding hydrogens is 346 g/mol. The van der Waals surface area contributed by atoms with Gasteiger partial charge in [-0.15, -0.1) is 0 Å². The molecule has 2 aromatic rings. The highest BCUT2D eigenvalue weighted by Crippen LogP contribution is 2.22. The van der Waals surface area contributed by atoms with Crippen LogP contribution in [0.1, 0.15) is 39.6 Å². The fraction of sp³-hybridized carbons (Fsp3) is 0.286. The number of fused-ring (bicyclic) bond motifs is 1. The van der Waals surface area contributed by atoms with Gasteiger partial charge in [-0.1, -0.05) is 31.2 Å². The van der Waals surface area contributed by atoms with Gasteiger partial charge in [0.05, 0.1) is 17.7 Å². The maximum atomic E-state index is 12.2. The second-order valence-electron chi connectivity index (χ2n) is 6.17.